The van der Waals surface area contributed by atoms with Gasteiger partial charge in [-0.05, 0) is 47.3 Å². The number of hydrogen-bond donors (Lipinski definition) is 1. The number of hydrogen-bond acceptors (Lipinski definition) is 3. The predicted octanol–water partition coefficient (Wildman–Crippen LogP) is 3.20. The first-order valence-corrected chi connectivity index (χ1v) is 6.93. The Hall–Kier alpha value is 0.1000. The Balaban J connectivity index is 1.79. The molecule has 84 valence electrons. The Morgan fingerprint density at radius 3 is 3.13 bits per heavy atom. The molecule has 2 nitrogen and oxygen atoms in total. The maximum Gasteiger partial charge on any atom is 0.0701 e. The summed E-state index contributed by atoms with van der Waals surface area (Å²) in [5, 5.41) is 3.56. The average Bonchev–Trinajstić information content (AvgIpc) is 2.84. The highest BCUT2D eigenvalue weighted by atomic mass is 79.9. The van der Waals surface area contributed by atoms with Gasteiger partial charge in [0.25, 0.3) is 0 Å². The van der Waals surface area contributed by atoms with Gasteiger partial charge in [-0.25, -0.2) is 0 Å². The third kappa shape index (κ3) is 3.28. The van der Waals surface area contributed by atoms with Gasteiger partial charge in [0.05, 0.1) is 10.4 Å². The minimum atomic E-state index is 0.446. The Labute approximate surface area is 103 Å². The van der Waals surface area contributed by atoms with Gasteiger partial charge in [-0.2, -0.15) is 0 Å². The largest absolute Gasteiger partial charge is 0.381 e. The Kier molecular flexibility index (Phi) is 4.20. The molecule has 1 N–H and O–H groups in total. The fraction of sp³-hybridized carbons (Fsp3) is 0.636. The van der Waals surface area contributed by atoms with Crippen molar-refractivity contribution in [1.29, 1.82) is 0 Å². The lowest BCUT2D eigenvalue weighted by atomic mass is 10.1. The highest BCUT2D eigenvalue weighted by molar-refractivity contribution is 9.11. The van der Waals surface area contributed by atoms with E-state index in [2.05, 4.69) is 40.3 Å². The van der Waals surface area contributed by atoms with Gasteiger partial charge in [-0.3, -0.25) is 0 Å². The molecule has 0 aliphatic carbocycles. The molecule has 0 spiro atoms. The van der Waals surface area contributed by atoms with Crippen molar-refractivity contribution in [3.8, 4) is 0 Å². The van der Waals surface area contributed by atoms with Crippen LogP contribution in [0.5, 0.6) is 0 Å². The zero-order chi connectivity index (χ0) is 10.7. The first-order valence-electron chi connectivity index (χ1n) is 5.32. The van der Waals surface area contributed by atoms with Gasteiger partial charge in [-0.15, -0.1) is 11.3 Å². The second kappa shape index (κ2) is 5.43. The molecule has 1 aliphatic heterocycles. The topological polar surface area (TPSA) is 21.3 Å². The zero-order valence-corrected chi connectivity index (χ0v) is 11.2. The molecule has 1 aromatic heterocycles. The molecule has 0 saturated carbocycles. The van der Waals surface area contributed by atoms with E-state index >= 15 is 0 Å². The zero-order valence-electron chi connectivity index (χ0n) is 8.83. The normalized spacial score (nSPS) is 23.2. The van der Waals surface area contributed by atoms with Crippen LogP contribution in [0.15, 0.2) is 15.9 Å². The van der Waals surface area contributed by atoms with Crippen molar-refractivity contribution in [1.82, 2.24) is 5.32 Å². The Morgan fingerprint density at radius 2 is 2.53 bits per heavy atom. The van der Waals surface area contributed by atoms with E-state index in [1.807, 2.05) is 0 Å². The quantitative estimate of drug-likeness (QED) is 0.919. The van der Waals surface area contributed by atoms with Crippen LogP contribution in [0.25, 0.3) is 0 Å². The van der Waals surface area contributed by atoms with E-state index in [4.69, 9.17) is 4.74 Å². The Bertz CT molecular complexity index is 309. The van der Waals surface area contributed by atoms with E-state index in [-0.39, 0.29) is 0 Å². The van der Waals surface area contributed by atoms with Crippen LogP contribution in [-0.2, 0) is 4.74 Å². The molecule has 1 fully saturated rings. The summed E-state index contributed by atoms with van der Waals surface area (Å²) in [6.45, 7) is 5.14. The molecule has 0 bridgehead atoms. The van der Waals surface area contributed by atoms with Crippen LogP contribution < -0.4 is 5.32 Å². The summed E-state index contributed by atoms with van der Waals surface area (Å²) < 4.78 is 6.56. The molecule has 0 amide bonds. The fourth-order valence-electron chi connectivity index (χ4n) is 1.75. The van der Waals surface area contributed by atoms with Crippen LogP contribution in [-0.4, -0.2) is 19.8 Å². The van der Waals surface area contributed by atoms with Gasteiger partial charge in [-0.1, -0.05) is 0 Å². The van der Waals surface area contributed by atoms with E-state index in [1.165, 1.54) is 15.1 Å². The highest BCUT2D eigenvalue weighted by Crippen LogP contribution is 2.27. The maximum absolute atomic E-state index is 5.35. The molecular weight excluding hydrogens is 274 g/mol. The lowest BCUT2D eigenvalue weighted by molar-refractivity contribution is 0.184. The molecule has 0 aromatic carbocycles. The average molecular weight is 290 g/mol. The van der Waals surface area contributed by atoms with Crippen LogP contribution in [0.4, 0.5) is 0 Å². The lowest BCUT2D eigenvalue weighted by Gasteiger charge is -2.14. The van der Waals surface area contributed by atoms with E-state index in [1.54, 1.807) is 11.3 Å². The van der Waals surface area contributed by atoms with Gasteiger partial charge >= 0.3 is 0 Å². The van der Waals surface area contributed by atoms with E-state index < -0.39 is 0 Å². The van der Waals surface area contributed by atoms with Crippen molar-refractivity contribution in [2.45, 2.75) is 19.4 Å². The molecule has 2 unspecified atom stereocenters. The van der Waals surface area contributed by atoms with Gasteiger partial charge < -0.3 is 10.1 Å². The molecule has 1 saturated heterocycles. The minimum Gasteiger partial charge on any atom is -0.381 e. The summed E-state index contributed by atoms with van der Waals surface area (Å²) in [5.41, 5.74) is 0. The Morgan fingerprint density at radius 1 is 1.67 bits per heavy atom. The van der Waals surface area contributed by atoms with E-state index in [0.29, 0.717) is 12.0 Å². The van der Waals surface area contributed by atoms with Crippen molar-refractivity contribution >= 4 is 27.3 Å². The summed E-state index contributed by atoms with van der Waals surface area (Å²) in [6, 6.07) is 4.73. The van der Waals surface area contributed by atoms with Crippen LogP contribution in [0.2, 0.25) is 0 Å². The van der Waals surface area contributed by atoms with Gasteiger partial charge in [0, 0.05) is 24.1 Å². The van der Waals surface area contributed by atoms with Gasteiger partial charge in [0.1, 0.15) is 0 Å². The third-order valence-corrected chi connectivity index (χ3v) is 4.56. The van der Waals surface area contributed by atoms with Crippen molar-refractivity contribution in [3.05, 3.63) is 20.8 Å². The molecule has 1 aromatic rings. The van der Waals surface area contributed by atoms with Crippen molar-refractivity contribution < 1.29 is 4.74 Å². The first kappa shape index (κ1) is 11.6. The number of rotatable bonds is 4. The second-order valence-electron chi connectivity index (χ2n) is 4.00. The molecule has 1 aliphatic rings. The monoisotopic (exact) mass is 289 g/mol. The molecule has 4 heteroatoms. The number of halogens is 1. The molecule has 15 heavy (non-hydrogen) atoms. The molecule has 2 atom stereocenters. The smallest absolute Gasteiger partial charge is 0.0701 e. The van der Waals surface area contributed by atoms with Crippen LogP contribution in [0.1, 0.15) is 24.3 Å². The van der Waals surface area contributed by atoms with Crippen LogP contribution >= 0.6 is 27.3 Å². The predicted molar refractivity (Wildman–Crippen MR) is 67.4 cm³/mol. The maximum atomic E-state index is 5.35. The summed E-state index contributed by atoms with van der Waals surface area (Å²) in [6.07, 6.45) is 1.20. The van der Waals surface area contributed by atoms with Crippen LogP contribution in [0.3, 0.4) is 0 Å². The summed E-state index contributed by atoms with van der Waals surface area (Å²) >= 11 is 5.29. The van der Waals surface area contributed by atoms with Gasteiger partial charge in [0.15, 0.2) is 0 Å². The van der Waals surface area contributed by atoms with Crippen molar-refractivity contribution in [2.24, 2.45) is 5.92 Å². The lowest BCUT2D eigenvalue weighted by Crippen LogP contribution is -2.25. The number of thiophene rings is 1. The molecular formula is C11H16BrNOS. The first-order chi connectivity index (χ1) is 7.25. The molecule has 2 heterocycles. The van der Waals surface area contributed by atoms with E-state index in [0.717, 1.165) is 19.8 Å². The SMILES string of the molecule is CC(NCC1CCOC1)c1ccc(Br)s1. The van der Waals surface area contributed by atoms with Crippen molar-refractivity contribution in [3.63, 3.8) is 0 Å². The fourth-order valence-corrected chi connectivity index (χ4v) is 3.20. The van der Waals surface area contributed by atoms with Crippen LogP contribution in [0, 0.1) is 5.92 Å². The summed E-state index contributed by atoms with van der Waals surface area (Å²) in [4.78, 5) is 1.39. The number of ether oxygens (including phenoxy) is 1. The minimum absolute atomic E-state index is 0.446. The van der Waals surface area contributed by atoms with Crippen molar-refractivity contribution in [2.75, 3.05) is 19.8 Å². The highest BCUT2D eigenvalue weighted by Gasteiger charge is 2.16. The number of nitrogens with one attached hydrogen (secondary N) is 1. The van der Waals surface area contributed by atoms with Gasteiger partial charge in [0.2, 0.25) is 0 Å². The van der Waals surface area contributed by atoms with E-state index in [9.17, 15) is 0 Å². The molecule has 0 radical (unpaired) electrons. The summed E-state index contributed by atoms with van der Waals surface area (Å²) in [7, 11) is 0. The molecule has 2 rings (SSSR count). The third-order valence-electron chi connectivity index (χ3n) is 2.76. The standard InChI is InChI=1S/C11H16BrNOS/c1-8(10-2-3-11(12)15-10)13-6-9-4-5-14-7-9/h2-3,8-9,13H,4-7H2,1H3. The summed E-state index contributed by atoms with van der Waals surface area (Å²) in [5.74, 6) is 0.704. The second-order valence-corrected chi connectivity index (χ2v) is 6.50.